The molecular weight excluding hydrogens is 300 g/mol. The van der Waals surface area contributed by atoms with Crippen molar-refractivity contribution < 1.29 is 9.53 Å². The Kier molecular flexibility index (Phi) is 3.89. The molecule has 2 aromatic carbocycles. The van der Waals surface area contributed by atoms with Crippen molar-refractivity contribution in [2.45, 2.75) is 31.4 Å². The second kappa shape index (κ2) is 6.19. The number of aryl methyl sites for hydroxylation is 1. The monoisotopic (exact) mass is 322 g/mol. The molecule has 2 aliphatic rings. The van der Waals surface area contributed by atoms with Crippen molar-refractivity contribution in [3.05, 3.63) is 65.2 Å². The second-order valence-corrected chi connectivity index (χ2v) is 6.60. The number of nitrogens with zero attached hydrogens (tertiary/aromatic N) is 1. The van der Waals surface area contributed by atoms with Crippen LogP contribution >= 0.6 is 0 Å². The average Bonchev–Trinajstić information content (AvgIpc) is 3.22. The van der Waals surface area contributed by atoms with Crippen LogP contribution in [0.25, 0.3) is 0 Å². The van der Waals surface area contributed by atoms with Crippen LogP contribution in [-0.4, -0.2) is 30.6 Å². The number of hydrogen-bond donors (Lipinski definition) is 1. The van der Waals surface area contributed by atoms with E-state index in [1.54, 1.807) is 0 Å². The van der Waals surface area contributed by atoms with Crippen molar-refractivity contribution >= 4 is 6.03 Å². The number of carbonyl (C=O) groups excluding carboxylic acids is 1. The summed E-state index contributed by atoms with van der Waals surface area (Å²) >= 11 is 0. The van der Waals surface area contributed by atoms with Gasteiger partial charge < -0.3 is 15.0 Å². The molecule has 0 saturated carbocycles. The summed E-state index contributed by atoms with van der Waals surface area (Å²) in [7, 11) is 1.88. The zero-order chi connectivity index (χ0) is 16.5. The molecule has 1 aliphatic heterocycles. The highest BCUT2D eigenvalue weighted by atomic mass is 16.5. The molecule has 4 rings (SSSR count). The largest absolute Gasteiger partial charge is 0.488 e. The van der Waals surface area contributed by atoms with Gasteiger partial charge in [0.25, 0.3) is 0 Å². The molecule has 0 saturated heterocycles. The van der Waals surface area contributed by atoms with Crippen molar-refractivity contribution in [2.24, 2.45) is 0 Å². The molecule has 0 radical (unpaired) electrons. The van der Waals surface area contributed by atoms with Gasteiger partial charge in [0.1, 0.15) is 11.9 Å². The van der Waals surface area contributed by atoms with Crippen LogP contribution in [0.2, 0.25) is 0 Å². The first-order chi connectivity index (χ1) is 11.7. The van der Waals surface area contributed by atoms with Crippen molar-refractivity contribution in [2.75, 3.05) is 13.6 Å². The maximum absolute atomic E-state index is 12.5. The van der Waals surface area contributed by atoms with E-state index in [2.05, 4.69) is 29.6 Å². The zero-order valence-electron chi connectivity index (χ0n) is 13.9. The summed E-state index contributed by atoms with van der Waals surface area (Å²) in [5.41, 5.74) is 3.85. The van der Waals surface area contributed by atoms with Crippen molar-refractivity contribution in [1.29, 1.82) is 0 Å². The molecule has 4 nitrogen and oxygen atoms in total. The lowest BCUT2D eigenvalue weighted by atomic mass is 10.1. The summed E-state index contributed by atoms with van der Waals surface area (Å²) < 4.78 is 5.89. The molecule has 24 heavy (non-hydrogen) atoms. The second-order valence-electron chi connectivity index (χ2n) is 6.60. The molecule has 1 aliphatic carbocycles. The summed E-state index contributed by atoms with van der Waals surface area (Å²) in [5.74, 6) is 0.940. The average molecular weight is 322 g/mol. The minimum atomic E-state index is -0.0312. The predicted octanol–water partition coefficient (Wildman–Crippen LogP) is 3.32. The van der Waals surface area contributed by atoms with Crippen LogP contribution in [0, 0.1) is 0 Å². The summed E-state index contributed by atoms with van der Waals surface area (Å²) in [6, 6.07) is 16.6. The SMILES string of the molecule is CN(C(=O)NC[C@H]1Cc2ccccc2O1)[C@@H]1CCc2ccccc21. The first-order valence-corrected chi connectivity index (χ1v) is 8.55. The molecular formula is C20H22N2O2. The Labute approximate surface area is 142 Å². The normalized spacial score (nSPS) is 20.9. The molecule has 0 aromatic heterocycles. The number of amides is 2. The third-order valence-corrected chi connectivity index (χ3v) is 5.08. The number of benzene rings is 2. The van der Waals surface area contributed by atoms with Gasteiger partial charge in [-0.05, 0) is 35.6 Å². The quantitative estimate of drug-likeness (QED) is 0.942. The van der Waals surface area contributed by atoms with Gasteiger partial charge >= 0.3 is 6.03 Å². The maximum Gasteiger partial charge on any atom is 0.317 e. The Morgan fingerprint density at radius 1 is 1.17 bits per heavy atom. The van der Waals surface area contributed by atoms with E-state index in [1.807, 2.05) is 36.2 Å². The first-order valence-electron chi connectivity index (χ1n) is 8.55. The molecule has 124 valence electrons. The van der Waals surface area contributed by atoms with E-state index in [0.29, 0.717) is 6.54 Å². The van der Waals surface area contributed by atoms with Gasteiger partial charge in [-0.15, -0.1) is 0 Å². The van der Waals surface area contributed by atoms with Gasteiger partial charge in [-0.1, -0.05) is 42.5 Å². The van der Waals surface area contributed by atoms with Crippen LogP contribution in [-0.2, 0) is 12.8 Å². The fourth-order valence-electron chi connectivity index (χ4n) is 3.77. The number of fused-ring (bicyclic) bond motifs is 2. The van der Waals surface area contributed by atoms with Gasteiger partial charge in [0.05, 0.1) is 12.6 Å². The number of para-hydroxylation sites is 1. The highest BCUT2D eigenvalue weighted by Crippen LogP contribution is 2.34. The highest BCUT2D eigenvalue weighted by molar-refractivity contribution is 5.74. The van der Waals surface area contributed by atoms with Crippen molar-refractivity contribution in [3.8, 4) is 5.75 Å². The maximum atomic E-state index is 12.5. The van der Waals surface area contributed by atoms with Crippen LogP contribution in [0.3, 0.4) is 0 Å². The van der Waals surface area contributed by atoms with Gasteiger partial charge in [0, 0.05) is 13.5 Å². The topological polar surface area (TPSA) is 41.6 Å². The lowest BCUT2D eigenvalue weighted by Gasteiger charge is -2.26. The zero-order valence-corrected chi connectivity index (χ0v) is 13.9. The molecule has 2 aromatic rings. The van der Waals surface area contributed by atoms with E-state index in [1.165, 1.54) is 16.7 Å². The number of hydrogen-bond acceptors (Lipinski definition) is 2. The van der Waals surface area contributed by atoms with Gasteiger partial charge in [-0.2, -0.15) is 0 Å². The van der Waals surface area contributed by atoms with Crippen LogP contribution in [0.5, 0.6) is 5.75 Å². The Morgan fingerprint density at radius 3 is 2.75 bits per heavy atom. The Morgan fingerprint density at radius 2 is 1.92 bits per heavy atom. The number of carbonyl (C=O) groups is 1. The fourth-order valence-corrected chi connectivity index (χ4v) is 3.77. The van der Waals surface area contributed by atoms with E-state index in [9.17, 15) is 4.79 Å². The lowest BCUT2D eigenvalue weighted by Crippen LogP contribution is -2.43. The molecule has 1 N–H and O–H groups in total. The van der Waals surface area contributed by atoms with Gasteiger partial charge in [0.15, 0.2) is 0 Å². The van der Waals surface area contributed by atoms with Crippen LogP contribution < -0.4 is 10.1 Å². The fraction of sp³-hybridized carbons (Fsp3) is 0.350. The molecule has 0 fully saturated rings. The van der Waals surface area contributed by atoms with E-state index >= 15 is 0 Å². The molecule has 2 atom stereocenters. The summed E-state index contributed by atoms with van der Waals surface area (Å²) in [6.45, 7) is 0.534. The standard InChI is InChI=1S/C20H22N2O2/c1-22(18-11-10-14-6-2-4-8-17(14)18)20(23)21-13-16-12-15-7-3-5-9-19(15)24-16/h2-9,16,18H,10-13H2,1H3,(H,21,23)/t16-,18-/m1/s1. The number of rotatable bonds is 3. The van der Waals surface area contributed by atoms with E-state index < -0.39 is 0 Å². The number of nitrogens with one attached hydrogen (secondary N) is 1. The number of ether oxygens (including phenoxy) is 1. The van der Waals surface area contributed by atoms with E-state index in [0.717, 1.165) is 25.0 Å². The third kappa shape index (κ3) is 2.73. The van der Waals surface area contributed by atoms with Crippen LogP contribution in [0.15, 0.2) is 48.5 Å². The third-order valence-electron chi connectivity index (χ3n) is 5.08. The molecule has 2 amide bonds. The van der Waals surface area contributed by atoms with Crippen LogP contribution in [0.1, 0.15) is 29.2 Å². The van der Waals surface area contributed by atoms with Crippen molar-refractivity contribution in [1.82, 2.24) is 10.2 Å². The molecule has 0 bridgehead atoms. The van der Waals surface area contributed by atoms with Crippen LogP contribution in [0.4, 0.5) is 4.79 Å². The van der Waals surface area contributed by atoms with Gasteiger partial charge in [-0.25, -0.2) is 4.79 Å². The molecule has 0 spiro atoms. The Bertz CT molecular complexity index is 734. The Hall–Kier alpha value is -2.49. The minimum Gasteiger partial charge on any atom is -0.488 e. The molecule has 4 heteroatoms. The van der Waals surface area contributed by atoms with Crippen molar-refractivity contribution in [3.63, 3.8) is 0 Å². The lowest BCUT2D eigenvalue weighted by molar-refractivity contribution is 0.178. The summed E-state index contributed by atoms with van der Waals surface area (Å²) in [5, 5.41) is 3.03. The summed E-state index contributed by atoms with van der Waals surface area (Å²) in [6.07, 6.45) is 2.91. The molecule has 1 heterocycles. The minimum absolute atomic E-state index is 0.0237. The smallest absolute Gasteiger partial charge is 0.317 e. The van der Waals surface area contributed by atoms with Gasteiger partial charge in [-0.3, -0.25) is 0 Å². The molecule has 0 unspecified atom stereocenters. The Balaban J connectivity index is 1.34. The number of urea groups is 1. The van der Waals surface area contributed by atoms with E-state index in [4.69, 9.17) is 4.74 Å². The predicted molar refractivity (Wildman–Crippen MR) is 93.2 cm³/mol. The summed E-state index contributed by atoms with van der Waals surface area (Å²) in [4.78, 5) is 14.4. The first kappa shape index (κ1) is 15.1. The highest BCUT2D eigenvalue weighted by Gasteiger charge is 2.29. The van der Waals surface area contributed by atoms with Gasteiger partial charge in [0.2, 0.25) is 0 Å². The van der Waals surface area contributed by atoms with E-state index in [-0.39, 0.29) is 18.2 Å².